The molecular formula is C12H24N2O4. The van der Waals surface area contributed by atoms with Gasteiger partial charge in [0.1, 0.15) is 0 Å². The fourth-order valence-electron chi connectivity index (χ4n) is 1.68. The molecule has 6 heteroatoms. The Kier molecular flexibility index (Phi) is 10.3. The number of unbranched alkanes of at least 4 members (excludes halogenated alkanes) is 3. The molecule has 0 aliphatic carbocycles. The van der Waals surface area contributed by atoms with E-state index >= 15 is 0 Å². The summed E-state index contributed by atoms with van der Waals surface area (Å²) in [6.07, 6.45) is 4.20. The molecule has 18 heavy (non-hydrogen) atoms. The van der Waals surface area contributed by atoms with E-state index in [1.807, 2.05) is 4.90 Å². The first-order chi connectivity index (χ1) is 8.56. The first-order valence-electron chi connectivity index (χ1n) is 6.42. The van der Waals surface area contributed by atoms with Gasteiger partial charge in [-0.1, -0.05) is 12.8 Å². The predicted octanol–water partition coefficient (Wildman–Crippen LogP) is 0.757. The lowest BCUT2D eigenvalue weighted by Gasteiger charge is -2.20. The second kappa shape index (κ2) is 11.0. The molecule has 0 fully saturated rings. The zero-order valence-electron chi connectivity index (χ0n) is 10.8. The van der Waals surface area contributed by atoms with E-state index in [-0.39, 0.29) is 12.8 Å². The van der Waals surface area contributed by atoms with Gasteiger partial charge in [0, 0.05) is 13.1 Å². The second-order valence-corrected chi connectivity index (χ2v) is 4.33. The highest BCUT2D eigenvalue weighted by atomic mass is 16.4. The summed E-state index contributed by atoms with van der Waals surface area (Å²) in [4.78, 5) is 22.9. The fraction of sp³-hybridized carbons (Fsp3) is 0.833. The summed E-state index contributed by atoms with van der Waals surface area (Å²) in [5.74, 6) is -1.70. The standard InChI is InChI=1S/C12H24N2O4/c13-7-3-1-2-4-8-14(9-5-11(15)16)10-6-12(17)18/h1-10,13H2,(H,15,16)(H,17,18). The third-order valence-electron chi connectivity index (χ3n) is 2.71. The van der Waals surface area contributed by atoms with Gasteiger partial charge in [-0.05, 0) is 25.9 Å². The van der Waals surface area contributed by atoms with Gasteiger partial charge in [-0.15, -0.1) is 0 Å². The van der Waals surface area contributed by atoms with Gasteiger partial charge < -0.3 is 20.8 Å². The monoisotopic (exact) mass is 260 g/mol. The van der Waals surface area contributed by atoms with E-state index in [2.05, 4.69) is 0 Å². The molecule has 0 heterocycles. The number of nitrogens with zero attached hydrogens (tertiary/aromatic N) is 1. The summed E-state index contributed by atoms with van der Waals surface area (Å²) in [6.45, 7) is 2.28. The van der Waals surface area contributed by atoms with Crippen LogP contribution >= 0.6 is 0 Å². The SMILES string of the molecule is NCCCCCCN(CCC(=O)O)CCC(=O)O. The van der Waals surface area contributed by atoms with Crippen molar-refractivity contribution in [3.05, 3.63) is 0 Å². The van der Waals surface area contributed by atoms with E-state index in [1.165, 1.54) is 0 Å². The molecule has 0 unspecified atom stereocenters. The molecule has 0 aromatic heterocycles. The average molecular weight is 260 g/mol. The summed E-state index contributed by atoms with van der Waals surface area (Å²) >= 11 is 0. The lowest BCUT2D eigenvalue weighted by Crippen LogP contribution is -2.30. The van der Waals surface area contributed by atoms with Crippen molar-refractivity contribution in [1.82, 2.24) is 4.90 Å². The molecule has 0 aliphatic heterocycles. The lowest BCUT2D eigenvalue weighted by molar-refractivity contribution is -0.137. The van der Waals surface area contributed by atoms with Gasteiger partial charge in [-0.25, -0.2) is 0 Å². The Morgan fingerprint density at radius 3 is 1.78 bits per heavy atom. The van der Waals surface area contributed by atoms with Crippen LogP contribution in [0.2, 0.25) is 0 Å². The van der Waals surface area contributed by atoms with Gasteiger partial charge >= 0.3 is 11.9 Å². The topological polar surface area (TPSA) is 104 Å². The van der Waals surface area contributed by atoms with E-state index in [4.69, 9.17) is 15.9 Å². The number of nitrogens with two attached hydrogens (primary N) is 1. The third kappa shape index (κ3) is 11.3. The Morgan fingerprint density at radius 1 is 0.833 bits per heavy atom. The molecule has 0 spiro atoms. The van der Waals surface area contributed by atoms with Gasteiger partial charge in [0.05, 0.1) is 12.8 Å². The number of carbonyl (C=O) groups is 2. The summed E-state index contributed by atoms with van der Waals surface area (Å²) < 4.78 is 0. The van der Waals surface area contributed by atoms with Crippen molar-refractivity contribution < 1.29 is 19.8 Å². The van der Waals surface area contributed by atoms with Crippen molar-refractivity contribution >= 4 is 11.9 Å². The van der Waals surface area contributed by atoms with Crippen LogP contribution in [0.5, 0.6) is 0 Å². The molecule has 0 rings (SSSR count). The highest BCUT2D eigenvalue weighted by Crippen LogP contribution is 2.03. The molecular weight excluding hydrogens is 236 g/mol. The molecule has 0 aromatic carbocycles. The van der Waals surface area contributed by atoms with E-state index in [9.17, 15) is 9.59 Å². The minimum Gasteiger partial charge on any atom is -0.481 e. The van der Waals surface area contributed by atoms with Crippen molar-refractivity contribution in [3.8, 4) is 0 Å². The van der Waals surface area contributed by atoms with Crippen LogP contribution in [0.3, 0.4) is 0 Å². The van der Waals surface area contributed by atoms with Gasteiger partial charge in [0.25, 0.3) is 0 Å². The zero-order valence-corrected chi connectivity index (χ0v) is 10.8. The molecule has 0 saturated heterocycles. The molecule has 4 N–H and O–H groups in total. The van der Waals surface area contributed by atoms with Crippen molar-refractivity contribution in [3.63, 3.8) is 0 Å². The van der Waals surface area contributed by atoms with E-state index < -0.39 is 11.9 Å². The highest BCUT2D eigenvalue weighted by molar-refractivity contribution is 5.67. The predicted molar refractivity (Wildman–Crippen MR) is 68.5 cm³/mol. The van der Waals surface area contributed by atoms with Gasteiger partial charge in [-0.2, -0.15) is 0 Å². The van der Waals surface area contributed by atoms with Crippen LogP contribution in [0.1, 0.15) is 38.5 Å². The molecule has 0 amide bonds. The molecule has 0 bridgehead atoms. The number of hydrogen-bond acceptors (Lipinski definition) is 4. The largest absolute Gasteiger partial charge is 0.481 e. The van der Waals surface area contributed by atoms with Crippen LogP contribution in [0, 0.1) is 0 Å². The Balaban J connectivity index is 3.80. The summed E-state index contributed by atoms with van der Waals surface area (Å²) in [5, 5.41) is 17.2. The second-order valence-electron chi connectivity index (χ2n) is 4.33. The van der Waals surface area contributed by atoms with Gasteiger partial charge in [-0.3, -0.25) is 9.59 Å². The zero-order chi connectivity index (χ0) is 13.8. The molecule has 0 saturated carbocycles. The first kappa shape index (κ1) is 16.9. The molecule has 0 atom stereocenters. The number of aliphatic carboxylic acids is 2. The van der Waals surface area contributed by atoms with Crippen molar-refractivity contribution in [2.45, 2.75) is 38.5 Å². The maximum absolute atomic E-state index is 10.5. The minimum atomic E-state index is -0.849. The summed E-state index contributed by atoms with van der Waals surface area (Å²) in [5.41, 5.74) is 5.39. The average Bonchev–Trinajstić information content (AvgIpc) is 2.30. The van der Waals surface area contributed by atoms with Crippen LogP contribution < -0.4 is 5.73 Å². The van der Waals surface area contributed by atoms with Crippen LogP contribution in [0.15, 0.2) is 0 Å². The highest BCUT2D eigenvalue weighted by Gasteiger charge is 2.09. The number of carboxylic acid groups (broad SMARTS) is 2. The van der Waals surface area contributed by atoms with E-state index in [0.717, 1.165) is 32.2 Å². The Labute approximate surface area is 108 Å². The smallest absolute Gasteiger partial charge is 0.304 e. The number of hydrogen-bond donors (Lipinski definition) is 3. The van der Waals surface area contributed by atoms with E-state index in [0.29, 0.717) is 19.6 Å². The normalized spacial score (nSPS) is 10.8. The van der Waals surface area contributed by atoms with E-state index in [1.54, 1.807) is 0 Å². The molecule has 106 valence electrons. The quantitative estimate of drug-likeness (QED) is 0.447. The Morgan fingerprint density at radius 2 is 1.33 bits per heavy atom. The van der Waals surface area contributed by atoms with Crippen LogP contribution in [-0.4, -0.2) is 53.2 Å². The fourth-order valence-corrected chi connectivity index (χ4v) is 1.68. The van der Waals surface area contributed by atoms with Crippen LogP contribution in [0.25, 0.3) is 0 Å². The maximum Gasteiger partial charge on any atom is 0.304 e. The first-order valence-corrected chi connectivity index (χ1v) is 6.42. The minimum absolute atomic E-state index is 0.0580. The number of carboxylic acids is 2. The number of rotatable bonds is 12. The maximum atomic E-state index is 10.5. The summed E-state index contributed by atoms with van der Waals surface area (Å²) in [6, 6.07) is 0. The van der Waals surface area contributed by atoms with Crippen LogP contribution in [-0.2, 0) is 9.59 Å². The third-order valence-corrected chi connectivity index (χ3v) is 2.71. The van der Waals surface area contributed by atoms with Crippen LogP contribution in [0.4, 0.5) is 0 Å². The molecule has 0 radical (unpaired) electrons. The molecule has 6 nitrogen and oxygen atoms in total. The van der Waals surface area contributed by atoms with Crippen molar-refractivity contribution in [1.29, 1.82) is 0 Å². The molecule has 0 aliphatic rings. The Bertz CT molecular complexity index is 228. The van der Waals surface area contributed by atoms with Crippen molar-refractivity contribution in [2.75, 3.05) is 26.2 Å². The summed E-state index contributed by atoms with van der Waals surface area (Å²) in [7, 11) is 0. The van der Waals surface area contributed by atoms with Gasteiger partial charge in [0.15, 0.2) is 0 Å². The Hall–Kier alpha value is -1.14. The molecule has 0 aromatic rings. The lowest BCUT2D eigenvalue weighted by atomic mass is 10.2. The van der Waals surface area contributed by atoms with Crippen molar-refractivity contribution in [2.24, 2.45) is 5.73 Å². The van der Waals surface area contributed by atoms with Gasteiger partial charge in [0.2, 0.25) is 0 Å².